The van der Waals surface area contributed by atoms with Crippen LogP contribution in [0.1, 0.15) is 15.9 Å². The lowest BCUT2D eigenvalue weighted by molar-refractivity contribution is -0.384. The maximum atomic E-state index is 12.5. The Morgan fingerprint density at radius 3 is 2.67 bits per heavy atom. The fraction of sp³-hybridized carbons (Fsp3) is 0.167. The molecule has 0 bridgehead atoms. The van der Waals surface area contributed by atoms with Gasteiger partial charge in [0.2, 0.25) is 0 Å². The molecular formula is C18H16N2O4. The molecule has 1 aliphatic rings. The van der Waals surface area contributed by atoms with E-state index in [1.807, 2.05) is 6.07 Å². The normalized spacial score (nSPS) is 14.9. The Labute approximate surface area is 139 Å². The van der Waals surface area contributed by atoms with E-state index in [9.17, 15) is 14.9 Å². The van der Waals surface area contributed by atoms with Crippen LogP contribution in [-0.4, -0.2) is 31.4 Å². The second kappa shape index (κ2) is 6.16. The molecule has 0 atom stereocenters. The maximum Gasteiger partial charge on any atom is 0.293 e. The Balaban J connectivity index is 1.99. The first kappa shape index (κ1) is 15.7. The molecule has 0 fully saturated rings. The molecule has 6 heteroatoms. The van der Waals surface area contributed by atoms with Crippen molar-refractivity contribution in [2.45, 2.75) is 0 Å². The van der Waals surface area contributed by atoms with Crippen LogP contribution in [0.15, 0.2) is 48.0 Å². The van der Waals surface area contributed by atoms with E-state index >= 15 is 0 Å². The minimum absolute atomic E-state index is 0.000994. The number of benzene rings is 2. The summed E-state index contributed by atoms with van der Waals surface area (Å²) in [5.74, 6) is 0.449. The number of anilines is 1. The summed E-state index contributed by atoms with van der Waals surface area (Å²) in [4.78, 5) is 25.0. The number of hydrogen-bond donors (Lipinski definition) is 0. The third kappa shape index (κ3) is 2.86. The molecule has 0 amide bonds. The number of rotatable bonds is 3. The van der Waals surface area contributed by atoms with Gasteiger partial charge in [0.1, 0.15) is 18.0 Å². The van der Waals surface area contributed by atoms with Gasteiger partial charge in [0, 0.05) is 25.7 Å². The van der Waals surface area contributed by atoms with Crippen LogP contribution in [0.25, 0.3) is 6.08 Å². The van der Waals surface area contributed by atoms with Crippen molar-refractivity contribution < 1.29 is 14.5 Å². The van der Waals surface area contributed by atoms with Crippen molar-refractivity contribution in [2.75, 3.05) is 25.6 Å². The Morgan fingerprint density at radius 1 is 1.21 bits per heavy atom. The molecule has 0 aromatic heterocycles. The van der Waals surface area contributed by atoms with Gasteiger partial charge in [-0.3, -0.25) is 14.9 Å². The Kier molecular flexibility index (Phi) is 4.04. The quantitative estimate of drug-likeness (QED) is 0.492. The number of ether oxygens (including phenoxy) is 1. The highest BCUT2D eigenvalue weighted by Gasteiger charge is 2.23. The van der Waals surface area contributed by atoms with E-state index in [1.165, 1.54) is 6.07 Å². The van der Waals surface area contributed by atoms with E-state index in [4.69, 9.17) is 4.74 Å². The molecule has 1 aliphatic heterocycles. The van der Waals surface area contributed by atoms with Crippen LogP contribution in [0.3, 0.4) is 0 Å². The van der Waals surface area contributed by atoms with Crippen molar-refractivity contribution in [1.82, 2.24) is 0 Å². The summed E-state index contributed by atoms with van der Waals surface area (Å²) in [6, 6.07) is 11.9. The Hall–Kier alpha value is -3.15. The summed E-state index contributed by atoms with van der Waals surface area (Å²) in [6.07, 6.45) is 1.64. The molecule has 0 aliphatic carbocycles. The second-order valence-corrected chi connectivity index (χ2v) is 5.68. The maximum absolute atomic E-state index is 12.5. The fourth-order valence-corrected chi connectivity index (χ4v) is 2.64. The minimum atomic E-state index is -0.425. The number of carbonyl (C=O) groups excluding carboxylic acids is 1. The summed E-state index contributed by atoms with van der Waals surface area (Å²) >= 11 is 0. The van der Waals surface area contributed by atoms with Crippen LogP contribution < -0.4 is 9.64 Å². The zero-order chi connectivity index (χ0) is 17.3. The van der Waals surface area contributed by atoms with Crippen molar-refractivity contribution in [3.05, 3.63) is 69.3 Å². The monoisotopic (exact) mass is 324 g/mol. The molecule has 2 aromatic rings. The van der Waals surface area contributed by atoms with Gasteiger partial charge in [-0.15, -0.1) is 0 Å². The van der Waals surface area contributed by atoms with E-state index in [0.29, 0.717) is 28.1 Å². The summed E-state index contributed by atoms with van der Waals surface area (Å²) in [7, 11) is 3.49. The Morgan fingerprint density at radius 2 is 1.96 bits per heavy atom. The van der Waals surface area contributed by atoms with E-state index in [-0.39, 0.29) is 18.1 Å². The summed E-state index contributed by atoms with van der Waals surface area (Å²) in [5, 5.41) is 11.3. The summed E-state index contributed by atoms with van der Waals surface area (Å²) in [6.45, 7) is 0.152. The average Bonchev–Trinajstić information content (AvgIpc) is 2.57. The largest absolute Gasteiger partial charge is 0.488 e. The lowest BCUT2D eigenvalue weighted by Gasteiger charge is -2.18. The third-order valence-corrected chi connectivity index (χ3v) is 3.83. The number of Topliss-reactive ketones (excluding diaryl/α,β-unsaturated/α-hetero) is 1. The first-order valence-corrected chi connectivity index (χ1v) is 7.40. The third-order valence-electron chi connectivity index (χ3n) is 3.83. The molecule has 3 rings (SSSR count). The highest BCUT2D eigenvalue weighted by Crippen LogP contribution is 2.31. The number of carbonyl (C=O) groups is 1. The zero-order valence-corrected chi connectivity index (χ0v) is 13.4. The number of ketones is 1. The van der Waals surface area contributed by atoms with Crippen LogP contribution >= 0.6 is 0 Å². The predicted octanol–water partition coefficient (Wildman–Crippen LogP) is 3.32. The highest BCUT2D eigenvalue weighted by atomic mass is 16.6. The lowest BCUT2D eigenvalue weighted by atomic mass is 9.98. The highest BCUT2D eigenvalue weighted by molar-refractivity contribution is 6.14. The van der Waals surface area contributed by atoms with Crippen LogP contribution in [0.5, 0.6) is 5.75 Å². The molecule has 0 saturated carbocycles. The van der Waals surface area contributed by atoms with Gasteiger partial charge < -0.3 is 9.64 Å². The predicted molar refractivity (Wildman–Crippen MR) is 91.7 cm³/mol. The van der Waals surface area contributed by atoms with E-state index < -0.39 is 4.92 Å². The molecule has 0 N–H and O–H groups in total. The number of nitrogens with zero attached hydrogens (tertiary/aromatic N) is 2. The topological polar surface area (TPSA) is 72.7 Å². The SMILES string of the molecule is CN(C)c1ccc(C=C2COc3ccccc3C2=O)cc1[N+](=O)[O-]. The number of nitro benzene ring substituents is 1. The minimum Gasteiger partial charge on any atom is -0.488 e. The molecule has 1 heterocycles. The van der Waals surface area contributed by atoms with Gasteiger partial charge in [0.25, 0.3) is 5.69 Å². The van der Waals surface area contributed by atoms with Crippen LogP contribution in [0.4, 0.5) is 11.4 Å². The molecule has 2 aromatic carbocycles. The van der Waals surface area contributed by atoms with Crippen LogP contribution in [-0.2, 0) is 0 Å². The molecular weight excluding hydrogens is 308 g/mol. The fourth-order valence-electron chi connectivity index (χ4n) is 2.64. The van der Waals surface area contributed by atoms with Crippen molar-refractivity contribution in [3.63, 3.8) is 0 Å². The van der Waals surface area contributed by atoms with Gasteiger partial charge in [0.15, 0.2) is 5.78 Å². The molecule has 24 heavy (non-hydrogen) atoms. The number of fused-ring (bicyclic) bond motifs is 1. The lowest BCUT2D eigenvalue weighted by Crippen LogP contribution is -2.18. The van der Waals surface area contributed by atoms with Gasteiger partial charge >= 0.3 is 0 Å². The zero-order valence-electron chi connectivity index (χ0n) is 13.4. The van der Waals surface area contributed by atoms with Gasteiger partial charge in [-0.05, 0) is 29.8 Å². The van der Waals surface area contributed by atoms with E-state index in [1.54, 1.807) is 55.4 Å². The van der Waals surface area contributed by atoms with Gasteiger partial charge in [-0.2, -0.15) is 0 Å². The van der Waals surface area contributed by atoms with Crippen LogP contribution in [0, 0.1) is 10.1 Å². The van der Waals surface area contributed by atoms with Crippen molar-refractivity contribution >= 4 is 23.2 Å². The standard InChI is InChI=1S/C18H16N2O4/c1-19(2)15-8-7-12(10-16(15)20(22)23)9-13-11-24-17-6-4-3-5-14(17)18(13)21/h3-10H,11H2,1-2H3. The number of hydrogen-bond acceptors (Lipinski definition) is 5. The smallest absolute Gasteiger partial charge is 0.293 e. The van der Waals surface area contributed by atoms with Gasteiger partial charge in [-0.25, -0.2) is 0 Å². The van der Waals surface area contributed by atoms with Gasteiger partial charge in [-0.1, -0.05) is 18.2 Å². The Bertz CT molecular complexity index is 856. The van der Waals surface area contributed by atoms with Crippen molar-refractivity contribution in [2.24, 2.45) is 0 Å². The van der Waals surface area contributed by atoms with E-state index in [2.05, 4.69) is 0 Å². The van der Waals surface area contributed by atoms with Crippen molar-refractivity contribution in [3.8, 4) is 5.75 Å². The summed E-state index contributed by atoms with van der Waals surface area (Å²) in [5.41, 5.74) is 2.09. The van der Waals surface area contributed by atoms with Crippen LogP contribution in [0.2, 0.25) is 0 Å². The molecule has 122 valence electrons. The van der Waals surface area contributed by atoms with Gasteiger partial charge in [0.05, 0.1) is 10.5 Å². The molecule has 0 unspecified atom stereocenters. The molecule has 6 nitrogen and oxygen atoms in total. The average molecular weight is 324 g/mol. The molecule has 0 radical (unpaired) electrons. The van der Waals surface area contributed by atoms with Crippen molar-refractivity contribution in [1.29, 1.82) is 0 Å². The first-order valence-electron chi connectivity index (χ1n) is 7.40. The van der Waals surface area contributed by atoms with E-state index in [0.717, 1.165) is 0 Å². The summed E-state index contributed by atoms with van der Waals surface area (Å²) < 4.78 is 5.59. The molecule has 0 saturated heterocycles. The first-order chi connectivity index (χ1) is 11.5. The number of nitro groups is 1. The molecule has 0 spiro atoms. The number of para-hydroxylation sites is 1. The second-order valence-electron chi connectivity index (χ2n) is 5.68.